The van der Waals surface area contributed by atoms with Crippen LogP contribution in [0.4, 0.5) is 13.2 Å². The lowest BCUT2D eigenvalue weighted by molar-refractivity contribution is -0.184. The molecule has 0 unspecified atom stereocenters. The van der Waals surface area contributed by atoms with Crippen LogP contribution in [-0.2, 0) is 21.1 Å². The minimum atomic E-state index is -4.12. The Balaban J connectivity index is 1.44. The molecule has 4 rings (SSSR count). The lowest BCUT2D eigenvalue weighted by atomic mass is 9.81. The molecule has 226 valence electrons. The molecular weight excluding hydrogens is 559 g/mol. The summed E-state index contributed by atoms with van der Waals surface area (Å²) in [5, 5.41) is 12.1. The summed E-state index contributed by atoms with van der Waals surface area (Å²) < 4.78 is 68.7. The van der Waals surface area contributed by atoms with E-state index in [0.29, 0.717) is 37.1 Å². The number of aliphatic hydroxyl groups excluding tert-OH is 1. The molecule has 0 radical (unpaired) electrons. The van der Waals surface area contributed by atoms with E-state index >= 15 is 0 Å². The van der Waals surface area contributed by atoms with Gasteiger partial charge in [-0.15, -0.1) is 0 Å². The van der Waals surface area contributed by atoms with Gasteiger partial charge in [-0.3, -0.25) is 14.7 Å². The Hall–Kier alpha value is -2.54. The van der Waals surface area contributed by atoms with Crippen molar-refractivity contribution in [2.24, 2.45) is 11.8 Å². The monoisotopic (exact) mass is 597 g/mol. The number of benzene rings is 1. The number of aliphatic hydroxyl groups is 1. The Labute approximate surface area is 239 Å². The summed E-state index contributed by atoms with van der Waals surface area (Å²) >= 11 is 0. The highest BCUT2D eigenvalue weighted by Gasteiger charge is 2.42. The Morgan fingerprint density at radius 2 is 1.85 bits per heavy atom. The van der Waals surface area contributed by atoms with E-state index in [2.05, 4.69) is 22.1 Å². The second-order valence-corrected chi connectivity index (χ2v) is 13.2. The highest BCUT2D eigenvalue weighted by atomic mass is 32.2. The van der Waals surface area contributed by atoms with Gasteiger partial charge in [0.2, 0.25) is 0 Å². The lowest BCUT2D eigenvalue weighted by Gasteiger charge is -2.33. The van der Waals surface area contributed by atoms with Gasteiger partial charge in [0.25, 0.3) is 5.91 Å². The van der Waals surface area contributed by atoms with Crippen molar-refractivity contribution in [2.75, 3.05) is 25.7 Å². The number of carbonyl (C=O) groups excluding carboxylic acids is 1. The molecule has 1 amide bonds. The smallest absolute Gasteiger partial charge is 0.371 e. The predicted octanol–water partition coefficient (Wildman–Crippen LogP) is 4.95. The first kappa shape index (κ1) is 31.4. The number of alkyl halides is 3. The molecule has 1 saturated carbocycles. The Bertz CT molecular complexity index is 1300. The summed E-state index contributed by atoms with van der Waals surface area (Å²) in [6.45, 7) is 4.33. The summed E-state index contributed by atoms with van der Waals surface area (Å²) in [5.74, 6) is -1.42. The van der Waals surface area contributed by atoms with Crippen LogP contribution in [0.1, 0.15) is 85.2 Å². The quantitative estimate of drug-likeness (QED) is 0.353. The maximum Gasteiger partial charge on any atom is 0.391 e. The molecule has 1 aliphatic carbocycles. The molecule has 0 saturated heterocycles. The molecule has 2 heterocycles. The number of pyridine rings is 1. The standard InChI is InChI=1S/C29H38F3N3O5S/c1-3-26-27-22(16-35(26)15-19-5-9-23(10-6-19)29(30,31)32)13-21(14-33-27)28(37)34-25(17-40-18-36)20-7-11-24(12-8-20)41(38,39)4-2/h7-8,11-14,19,23,25-26,36H,3-6,9-10,15-18H2,1-2H3,(H,34,37)/t19?,23?,25-,26+/m0/s1. The van der Waals surface area contributed by atoms with E-state index in [1.807, 2.05) is 6.07 Å². The van der Waals surface area contributed by atoms with Crippen molar-refractivity contribution in [1.82, 2.24) is 15.2 Å². The molecule has 8 nitrogen and oxygen atoms in total. The fraction of sp³-hybridized carbons (Fsp3) is 0.586. The van der Waals surface area contributed by atoms with Crippen molar-refractivity contribution in [3.8, 4) is 0 Å². The van der Waals surface area contributed by atoms with E-state index in [1.165, 1.54) is 18.3 Å². The zero-order chi connectivity index (χ0) is 29.8. The van der Waals surface area contributed by atoms with Crippen LogP contribution in [0.15, 0.2) is 41.4 Å². The second kappa shape index (κ2) is 13.2. The van der Waals surface area contributed by atoms with Crippen molar-refractivity contribution in [2.45, 2.75) is 75.7 Å². The minimum Gasteiger partial charge on any atom is -0.371 e. The largest absolute Gasteiger partial charge is 0.391 e. The van der Waals surface area contributed by atoms with Crippen LogP contribution in [0.25, 0.3) is 0 Å². The van der Waals surface area contributed by atoms with E-state index in [4.69, 9.17) is 9.84 Å². The SMILES string of the molecule is CC[C@@H]1c2ncc(C(=O)N[C@@H](COCO)c3ccc(S(=O)(=O)CC)cc3)cc2CN1CC1CCC(C(F)(F)F)CC1. The van der Waals surface area contributed by atoms with E-state index in [-0.39, 0.29) is 42.1 Å². The summed E-state index contributed by atoms with van der Waals surface area (Å²) in [4.78, 5) is 20.3. The molecule has 2 atom stereocenters. The summed E-state index contributed by atoms with van der Waals surface area (Å²) in [6, 6.07) is 7.40. The molecule has 1 aromatic carbocycles. The van der Waals surface area contributed by atoms with Gasteiger partial charge in [0.05, 0.1) is 46.5 Å². The van der Waals surface area contributed by atoms with Crippen molar-refractivity contribution in [1.29, 1.82) is 0 Å². The third-order valence-corrected chi connectivity index (χ3v) is 10.0. The van der Waals surface area contributed by atoms with Crippen LogP contribution >= 0.6 is 0 Å². The molecule has 2 N–H and O–H groups in total. The predicted molar refractivity (Wildman–Crippen MR) is 147 cm³/mol. The topological polar surface area (TPSA) is 109 Å². The number of rotatable bonds is 11. The number of nitrogens with zero attached hydrogens (tertiary/aromatic N) is 2. The average Bonchev–Trinajstić information content (AvgIpc) is 3.31. The van der Waals surface area contributed by atoms with E-state index in [9.17, 15) is 26.4 Å². The highest BCUT2D eigenvalue weighted by Crippen LogP contribution is 2.42. The maximum atomic E-state index is 13.3. The average molecular weight is 598 g/mol. The van der Waals surface area contributed by atoms with Crippen molar-refractivity contribution < 1.29 is 36.2 Å². The Morgan fingerprint density at radius 1 is 1.17 bits per heavy atom. The van der Waals surface area contributed by atoms with Gasteiger partial charge < -0.3 is 15.2 Å². The van der Waals surface area contributed by atoms with E-state index in [1.54, 1.807) is 19.1 Å². The minimum absolute atomic E-state index is 0.0250. The van der Waals surface area contributed by atoms with Crippen LogP contribution < -0.4 is 5.32 Å². The normalized spacial score (nSPS) is 22.3. The van der Waals surface area contributed by atoms with Crippen LogP contribution in [0, 0.1) is 11.8 Å². The molecule has 12 heteroatoms. The fourth-order valence-corrected chi connectivity index (χ4v) is 6.81. The van der Waals surface area contributed by atoms with Crippen molar-refractivity contribution >= 4 is 15.7 Å². The highest BCUT2D eigenvalue weighted by molar-refractivity contribution is 7.91. The van der Waals surface area contributed by atoms with Crippen LogP contribution in [-0.4, -0.2) is 61.2 Å². The number of halogens is 3. The molecule has 0 spiro atoms. The molecule has 2 aliphatic rings. The van der Waals surface area contributed by atoms with Crippen molar-refractivity contribution in [3.05, 3.63) is 58.9 Å². The van der Waals surface area contributed by atoms with Crippen LogP contribution in [0.3, 0.4) is 0 Å². The number of nitrogens with one attached hydrogen (secondary N) is 1. The van der Waals surface area contributed by atoms with Gasteiger partial charge in [0, 0.05) is 19.3 Å². The third-order valence-electron chi connectivity index (χ3n) is 8.29. The van der Waals surface area contributed by atoms with Gasteiger partial charge in [-0.05, 0) is 67.3 Å². The first-order valence-electron chi connectivity index (χ1n) is 14.1. The molecule has 0 bridgehead atoms. The first-order chi connectivity index (χ1) is 19.5. The number of fused-ring (bicyclic) bond motifs is 1. The fourth-order valence-electron chi connectivity index (χ4n) is 5.93. The Morgan fingerprint density at radius 3 is 2.44 bits per heavy atom. The summed E-state index contributed by atoms with van der Waals surface area (Å²) in [5.41, 5.74) is 2.78. The maximum absolute atomic E-state index is 13.3. The molecule has 1 aromatic heterocycles. The number of hydrogen-bond donors (Lipinski definition) is 2. The van der Waals surface area contributed by atoms with Gasteiger partial charge in [-0.1, -0.05) is 26.0 Å². The van der Waals surface area contributed by atoms with Crippen LogP contribution in [0.2, 0.25) is 0 Å². The van der Waals surface area contributed by atoms with Gasteiger partial charge in [-0.2, -0.15) is 13.2 Å². The van der Waals surface area contributed by atoms with Crippen molar-refractivity contribution in [3.63, 3.8) is 0 Å². The summed E-state index contributed by atoms with van der Waals surface area (Å²) in [7, 11) is -3.37. The van der Waals surface area contributed by atoms with Gasteiger partial charge >= 0.3 is 6.18 Å². The van der Waals surface area contributed by atoms with Gasteiger partial charge in [0.15, 0.2) is 9.84 Å². The number of carbonyl (C=O) groups is 1. The number of amides is 1. The zero-order valence-electron chi connectivity index (χ0n) is 23.4. The zero-order valence-corrected chi connectivity index (χ0v) is 24.2. The molecule has 41 heavy (non-hydrogen) atoms. The third kappa shape index (κ3) is 7.46. The Kier molecular flexibility index (Phi) is 10.1. The second-order valence-electron chi connectivity index (χ2n) is 10.9. The first-order valence-corrected chi connectivity index (χ1v) is 15.7. The van der Waals surface area contributed by atoms with E-state index < -0.39 is 40.7 Å². The molecule has 1 fully saturated rings. The molecular formula is C29H38F3N3O5S. The van der Waals surface area contributed by atoms with Crippen LogP contribution in [0.5, 0.6) is 0 Å². The number of hydrogen-bond acceptors (Lipinski definition) is 7. The summed E-state index contributed by atoms with van der Waals surface area (Å²) in [6.07, 6.45) is -0.346. The number of ether oxygens (including phenoxy) is 1. The molecule has 1 aliphatic heterocycles. The van der Waals surface area contributed by atoms with Gasteiger partial charge in [-0.25, -0.2) is 8.42 Å². The van der Waals surface area contributed by atoms with E-state index in [0.717, 1.165) is 17.7 Å². The lowest BCUT2D eigenvalue weighted by Crippen LogP contribution is -2.33. The number of sulfone groups is 1. The van der Waals surface area contributed by atoms with Gasteiger partial charge in [0.1, 0.15) is 6.79 Å². The molecule has 2 aromatic rings. The number of aromatic nitrogens is 1.